The number of rotatable bonds is 23. The van der Waals surface area contributed by atoms with Crippen molar-refractivity contribution in [2.75, 3.05) is 79.2 Å². The highest BCUT2D eigenvalue weighted by Gasteiger charge is 2.05. The van der Waals surface area contributed by atoms with Gasteiger partial charge in [0.2, 0.25) is 0 Å². The molecule has 0 fully saturated rings. The van der Waals surface area contributed by atoms with Crippen LogP contribution in [0, 0.1) is 11.8 Å². The Hall–Kier alpha value is -0.800. The van der Waals surface area contributed by atoms with Gasteiger partial charge in [-0.25, -0.2) is 0 Å². The van der Waals surface area contributed by atoms with Crippen LogP contribution in [0.25, 0.3) is 0 Å². The van der Waals surface area contributed by atoms with E-state index in [2.05, 4.69) is 41.5 Å². The minimum absolute atomic E-state index is 0.00463. The third-order valence-corrected chi connectivity index (χ3v) is 7.33. The lowest BCUT2D eigenvalue weighted by atomic mass is 10.1. The Morgan fingerprint density at radius 2 is 0.806 bits per heavy atom. The molecule has 0 bridgehead atoms. The highest BCUT2D eigenvalue weighted by molar-refractivity contribution is 4.68. The van der Waals surface area contributed by atoms with Gasteiger partial charge >= 0.3 is 0 Å². The van der Waals surface area contributed by atoms with Crippen LogP contribution in [0.15, 0.2) is 0 Å². The van der Waals surface area contributed by atoms with Gasteiger partial charge in [-0.2, -0.15) is 0 Å². The summed E-state index contributed by atoms with van der Waals surface area (Å²) >= 11 is 0. The number of aliphatic hydroxyl groups excluding tert-OH is 11. The summed E-state index contributed by atoms with van der Waals surface area (Å²) in [4.78, 5) is 0. The second-order valence-electron chi connectivity index (χ2n) is 17.2. The molecule has 0 aromatic carbocycles. The van der Waals surface area contributed by atoms with E-state index in [1.807, 2.05) is 20.8 Å². The van der Waals surface area contributed by atoms with Crippen LogP contribution in [0.2, 0.25) is 0 Å². The molecule has 0 heterocycles. The van der Waals surface area contributed by atoms with Crippen molar-refractivity contribution >= 4 is 0 Å². The lowest BCUT2D eigenvalue weighted by Gasteiger charge is -2.12. The van der Waals surface area contributed by atoms with Gasteiger partial charge in [-0.1, -0.05) is 101 Å². The third-order valence-electron chi connectivity index (χ3n) is 7.33. The molecular formula is C47H125N9O11. The van der Waals surface area contributed by atoms with E-state index in [0.717, 1.165) is 70.6 Å². The second kappa shape index (κ2) is 85.1. The van der Waals surface area contributed by atoms with Crippen molar-refractivity contribution in [3.63, 3.8) is 0 Å². The summed E-state index contributed by atoms with van der Waals surface area (Å²) in [5, 5.41) is 90.4. The summed E-state index contributed by atoms with van der Waals surface area (Å²) in [7, 11) is 0. The van der Waals surface area contributed by atoms with E-state index < -0.39 is 5.54 Å². The van der Waals surface area contributed by atoms with Crippen LogP contribution >= 0.6 is 0 Å². The molecule has 0 aromatic rings. The molecule has 0 rings (SSSR count). The van der Waals surface area contributed by atoms with Gasteiger partial charge in [0, 0.05) is 68.1 Å². The average molecular weight is 993 g/mol. The highest BCUT2D eigenvalue weighted by Crippen LogP contribution is 2.01. The van der Waals surface area contributed by atoms with E-state index in [4.69, 9.17) is 108 Å². The van der Waals surface area contributed by atoms with Gasteiger partial charge in [-0.05, 0) is 78.1 Å². The number of hydrogen-bond donors (Lipinski definition) is 20. The first-order chi connectivity index (χ1) is 31.1. The fraction of sp³-hybridized carbons (Fsp3) is 1.00. The van der Waals surface area contributed by atoms with E-state index >= 15 is 0 Å². The molecule has 20 nitrogen and oxygen atoms in total. The summed E-state index contributed by atoms with van der Waals surface area (Å²) in [6, 6.07) is -0.116. The monoisotopic (exact) mass is 992 g/mol. The Bertz CT molecular complexity index is 706. The molecule has 0 amide bonds. The minimum Gasteiger partial charge on any atom is -0.396 e. The Balaban J connectivity index is -0.0000000575. The molecule has 0 spiro atoms. The maximum Gasteiger partial charge on any atom is 0.0634 e. The lowest BCUT2D eigenvalue weighted by Crippen LogP contribution is -2.35. The Morgan fingerprint density at radius 1 is 0.463 bits per heavy atom. The summed E-state index contributed by atoms with van der Waals surface area (Å²) in [6.45, 7) is 27.6. The minimum atomic E-state index is -0.403. The van der Waals surface area contributed by atoms with Crippen LogP contribution in [0.4, 0.5) is 0 Å². The number of unbranched alkanes of at least 4 members (excludes halogenated alkanes) is 4. The molecule has 20 heteroatoms. The molecular weight excluding hydrogens is 867 g/mol. The summed E-state index contributed by atoms with van der Waals surface area (Å²) in [5.74, 6) is 0.988. The van der Waals surface area contributed by atoms with Gasteiger partial charge < -0.3 is 108 Å². The van der Waals surface area contributed by atoms with Crippen molar-refractivity contribution < 1.29 is 56.2 Å². The molecule has 0 aliphatic heterocycles. The summed E-state index contributed by atoms with van der Waals surface area (Å²) < 4.78 is 0. The SMILES string of the molecule is CC(C)(N)CO.CC(C)C(N)CO.CC(C)CC(N)CO.CC(N)CO.CC(O)CN.CCC(N)CO.CCCC(N)CO.CCCCC(N)CO.CCCCCO.CCCCO.NCCO. The number of aliphatic hydroxyl groups is 11. The van der Waals surface area contributed by atoms with Crippen molar-refractivity contribution in [1.82, 2.24) is 0 Å². The average Bonchev–Trinajstić information content (AvgIpc) is 3.30. The van der Waals surface area contributed by atoms with Crippen molar-refractivity contribution in [1.29, 1.82) is 0 Å². The molecule has 0 saturated carbocycles. The zero-order valence-electron chi connectivity index (χ0n) is 45.8. The van der Waals surface area contributed by atoms with Gasteiger partial charge in [0.05, 0.1) is 59.0 Å². The first kappa shape index (κ1) is 92.4. The number of nitrogens with two attached hydrogens (primary N) is 9. The van der Waals surface area contributed by atoms with Gasteiger partial charge in [-0.3, -0.25) is 0 Å². The highest BCUT2D eigenvalue weighted by atomic mass is 16.3. The van der Waals surface area contributed by atoms with Crippen molar-refractivity contribution in [2.45, 2.75) is 215 Å². The molecule has 0 radical (unpaired) electrons. The molecule has 67 heavy (non-hydrogen) atoms. The van der Waals surface area contributed by atoms with Crippen LogP contribution in [0.3, 0.4) is 0 Å². The molecule has 0 aliphatic rings. The predicted molar refractivity (Wildman–Crippen MR) is 286 cm³/mol. The van der Waals surface area contributed by atoms with Gasteiger partial charge in [0.25, 0.3) is 0 Å². The normalized spacial score (nSPS) is 12.9. The maximum absolute atomic E-state index is 8.46. The maximum atomic E-state index is 8.46. The summed E-state index contributed by atoms with van der Waals surface area (Å²) in [5.41, 5.74) is 46.4. The Morgan fingerprint density at radius 3 is 0.896 bits per heavy atom. The van der Waals surface area contributed by atoms with Crippen molar-refractivity contribution in [3.05, 3.63) is 0 Å². The lowest BCUT2D eigenvalue weighted by molar-refractivity contribution is 0.203. The quantitative estimate of drug-likeness (QED) is 0.0594. The van der Waals surface area contributed by atoms with Gasteiger partial charge in [0.1, 0.15) is 0 Å². The third kappa shape index (κ3) is 169. The molecule has 0 aromatic heterocycles. The fourth-order valence-corrected chi connectivity index (χ4v) is 2.56. The zero-order chi connectivity index (χ0) is 55.7. The fourth-order valence-electron chi connectivity index (χ4n) is 2.56. The van der Waals surface area contributed by atoms with E-state index in [9.17, 15) is 0 Å². The topological polar surface area (TPSA) is 457 Å². The molecule has 7 unspecified atom stereocenters. The Labute approximate surface area is 412 Å². The predicted octanol–water partition coefficient (Wildman–Crippen LogP) is -0.115. The molecule has 0 aliphatic carbocycles. The van der Waals surface area contributed by atoms with Crippen molar-refractivity contribution in [3.8, 4) is 0 Å². The van der Waals surface area contributed by atoms with Gasteiger partial charge in [0.15, 0.2) is 0 Å². The van der Waals surface area contributed by atoms with Crippen molar-refractivity contribution in [2.24, 2.45) is 63.4 Å². The van der Waals surface area contributed by atoms with Crippen LogP contribution in [0.1, 0.15) is 167 Å². The molecule has 424 valence electrons. The van der Waals surface area contributed by atoms with Gasteiger partial charge in [-0.15, -0.1) is 0 Å². The zero-order valence-corrected chi connectivity index (χ0v) is 45.8. The second-order valence-corrected chi connectivity index (χ2v) is 17.2. The van der Waals surface area contributed by atoms with Crippen LogP contribution in [-0.4, -0.2) is 183 Å². The first-order valence-electron chi connectivity index (χ1n) is 24.6. The smallest absolute Gasteiger partial charge is 0.0634 e. The molecule has 7 atom stereocenters. The standard InChI is InChI=1S/2C6H15NO.2C5H13NO.C5H12O.2C4H11NO.C4H10O.2C3H9NO.C2H7NO/c1-5(2)3-6(7)4-8;1-2-3-4-6(7)5-8;1-4(2)5(6)3-7;1-2-3-5(6)4-7;1-2-3-4-5-6;1-4(2,5)3-6;1-2-4(5)3-6;1-2-3-4-5;1-3(4)2-5;1-3(5)2-4;3-1-2-4/h5-6,8H,3-4,7H2,1-2H3;6,8H,2-5,7H2,1H3;4-5,7H,3,6H2,1-2H3;5,7H,2-4,6H2,1H3;6H,2-5H2,1H3;6H,3,5H2,1-2H3;4,6H,2-3,5H2,1H3;5H,2-4H2,1H3;2*3,5H,2,4H2,1H3;4H,1-3H2. The number of hydrogen-bond acceptors (Lipinski definition) is 20. The molecule has 0 saturated heterocycles. The van der Waals surface area contributed by atoms with Crippen LogP contribution in [-0.2, 0) is 0 Å². The van der Waals surface area contributed by atoms with E-state index in [1.165, 1.54) is 6.42 Å². The largest absolute Gasteiger partial charge is 0.396 e. The molecule has 29 N–H and O–H groups in total. The Kier molecular flexibility index (Phi) is 117. The van der Waals surface area contributed by atoms with Crippen LogP contribution in [0.5, 0.6) is 0 Å². The summed E-state index contributed by atoms with van der Waals surface area (Å²) in [6.07, 6.45) is 12.0. The van der Waals surface area contributed by atoms with E-state index in [-0.39, 0.29) is 95.2 Å². The van der Waals surface area contributed by atoms with E-state index in [1.54, 1.807) is 27.7 Å². The van der Waals surface area contributed by atoms with Crippen LogP contribution < -0.4 is 51.6 Å². The van der Waals surface area contributed by atoms with E-state index in [0.29, 0.717) is 38.1 Å². The first-order valence-corrected chi connectivity index (χ1v) is 24.6.